The number of hydrogen-bond acceptors (Lipinski definition) is 0. The summed E-state index contributed by atoms with van der Waals surface area (Å²) in [6, 6.07) is 9.68. The van der Waals surface area contributed by atoms with Gasteiger partial charge in [0.2, 0.25) is 0 Å². The van der Waals surface area contributed by atoms with Gasteiger partial charge >= 0.3 is 0 Å². The maximum Gasteiger partial charge on any atom is 0.0664 e. The Balaban J connectivity index is 0.00000243. The standard InChI is InChI=1S/C23H36ClP.Pd/c1-23(2,3)19-14-16-22(17-15-19)25(18-24,20-10-6-4-7-11-20)21-12-8-5-9-13-21;/h14-18,20-21H,4-13H2,1-3H3;. The van der Waals surface area contributed by atoms with E-state index in [2.05, 4.69) is 50.7 Å². The largest absolute Gasteiger partial charge is 0.304 e. The fraction of sp³-hybridized carbons (Fsp3) is 0.696. The first-order valence-corrected chi connectivity index (χ1v) is 12.9. The zero-order valence-corrected chi connectivity index (χ0v) is 20.0. The van der Waals surface area contributed by atoms with E-state index in [0.29, 0.717) is 0 Å². The van der Waals surface area contributed by atoms with Gasteiger partial charge in [0, 0.05) is 31.7 Å². The second-order valence-corrected chi connectivity index (χ2v) is 13.7. The van der Waals surface area contributed by atoms with Crippen LogP contribution >= 0.6 is 18.9 Å². The molecule has 1 aromatic carbocycles. The van der Waals surface area contributed by atoms with Crippen LogP contribution in [0.4, 0.5) is 0 Å². The van der Waals surface area contributed by atoms with Crippen LogP contribution in [0.15, 0.2) is 24.3 Å². The first-order chi connectivity index (χ1) is 12.0. The number of benzene rings is 1. The maximum absolute atomic E-state index is 6.78. The molecule has 1 aromatic rings. The van der Waals surface area contributed by atoms with Gasteiger partial charge in [0.25, 0.3) is 0 Å². The number of rotatable bonds is 4. The third-order valence-electron chi connectivity index (χ3n) is 6.70. The molecule has 0 N–H and O–H groups in total. The molecule has 0 amide bonds. The number of hydrogen-bond donors (Lipinski definition) is 0. The summed E-state index contributed by atoms with van der Waals surface area (Å²) < 4.78 is 0. The Hall–Kier alpha value is 0.602. The van der Waals surface area contributed by atoms with Crippen LogP contribution in [0.25, 0.3) is 0 Å². The number of halogens is 1. The van der Waals surface area contributed by atoms with Crippen molar-refractivity contribution in [2.24, 2.45) is 0 Å². The zero-order chi connectivity index (χ0) is 17.9. The van der Waals surface area contributed by atoms with Crippen LogP contribution in [-0.4, -0.2) is 11.3 Å². The first kappa shape index (κ1) is 22.9. The minimum Gasteiger partial charge on any atom is -0.304 e. The first-order valence-electron chi connectivity index (χ1n) is 10.4. The smallest absolute Gasteiger partial charge is 0.0664 e. The molecule has 3 rings (SSSR count). The molecular weight excluding hydrogens is 449 g/mol. The summed E-state index contributed by atoms with van der Waals surface area (Å²) in [5.41, 5.74) is 5.55. The second kappa shape index (κ2) is 9.88. The van der Waals surface area contributed by atoms with E-state index in [1.165, 1.54) is 69.8 Å². The second-order valence-electron chi connectivity index (χ2n) is 9.31. The van der Waals surface area contributed by atoms with Gasteiger partial charge in [0.1, 0.15) is 0 Å². The van der Waals surface area contributed by atoms with E-state index in [9.17, 15) is 0 Å². The monoisotopic (exact) mass is 484 g/mol. The van der Waals surface area contributed by atoms with Gasteiger partial charge in [0.05, 0.1) is 5.30 Å². The predicted molar refractivity (Wildman–Crippen MR) is 116 cm³/mol. The van der Waals surface area contributed by atoms with Crippen molar-refractivity contribution in [3.05, 3.63) is 35.5 Å². The molecule has 0 bridgehead atoms. The molecule has 0 nitrogen and oxygen atoms in total. The quantitative estimate of drug-likeness (QED) is 0.234. The van der Waals surface area contributed by atoms with Crippen LogP contribution in [0.3, 0.4) is 0 Å². The van der Waals surface area contributed by atoms with Gasteiger partial charge in [0.15, 0.2) is 0 Å². The molecular formula is C23H36ClPPd. The normalized spacial score (nSPS) is 20.6. The van der Waals surface area contributed by atoms with E-state index >= 15 is 0 Å². The van der Waals surface area contributed by atoms with Crippen LogP contribution in [0.2, 0.25) is 0 Å². The van der Waals surface area contributed by atoms with Gasteiger partial charge in [-0.2, -0.15) is 0 Å². The minimum absolute atomic E-state index is 0. The molecule has 2 saturated carbocycles. The van der Waals surface area contributed by atoms with Gasteiger partial charge in [-0.1, -0.05) is 58.6 Å². The van der Waals surface area contributed by atoms with Crippen molar-refractivity contribution in [1.29, 1.82) is 0 Å². The van der Waals surface area contributed by atoms with Gasteiger partial charge in [-0.15, -0.1) is 0 Å². The average Bonchev–Trinajstić information content (AvgIpc) is 2.64. The molecule has 0 aliphatic heterocycles. The van der Waals surface area contributed by atoms with E-state index in [4.69, 9.17) is 11.6 Å². The van der Waals surface area contributed by atoms with Crippen molar-refractivity contribution in [3.63, 3.8) is 0 Å². The molecule has 0 aromatic heterocycles. The molecule has 0 unspecified atom stereocenters. The Labute approximate surface area is 181 Å². The molecule has 0 heterocycles. The third-order valence-corrected chi connectivity index (χ3v) is 12.6. The van der Waals surface area contributed by atoms with Crippen molar-refractivity contribution in [3.8, 4) is 0 Å². The molecule has 0 radical (unpaired) electrons. The van der Waals surface area contributed by atoms with Crippen molar-refractivity contribution in [2.75, 3.05) is 0 Å². The fourth-order valence-corrected chi connectivity index (χ4v) is 11.4. The van der Waals surface area contributed by atoms with E-state index in [1.54, 1.807) is 5.30 Å². The SMILES string of the molecule is CC(C)(C)c1ccc([P+]([CH-]Cl)(C2CCCCC2)C2CCCCC2)cc1.[Pd]. The molecule has 2 aliphatic rings. The Morgan fingerprint density at radius 3 is 1.58 bits per heavy atom. The Morgan fingerprint density at radius 2 is 1.23 bits per heavy atom. The van der Waals surface area contributed by atoms with Gasteiger partial charge in [-0.25, -0.2) is 0 Å². The van der Waals surface area contributed by atoms with E-state index < -0.39 is 7.26 Å². The van der Waals surface area contributed by atoms with E-state index in [-0.39, 0.29) is 25.8 Å². The molecule has 0 spiro atoms. The summed E-state index contributed by atoms with van der Waals surface area (Å²) in [6.07, 6.45) is 14.1. The molecule has 2 aliphatic carbocycles. The fourth-order valence-electron chi connectivity index (χ4n) is 5.17. The predicted octanol–water partition coefficient (Wildman–Crippen LogP) is 7.65. The molecule has 0 saturated heterocycles. The van der Waals surface area contributed by atoms with Gasteiger partial charge in [-0.05, 0) is 74.5 Å². The van der Waals surface area contributed by atoms with Gasteiger partial charge < -0.3 is 11.6 Å². The van der Waals surface area contributed by atoms with Crippen LogP contribution in [-0.2, 0) is 25.8 Å². The van der Waals surface area contributed by atoms with Crippen molar-refractivity contribution in [1.82, 2.24) is 0 Å². The summed E-state index contributed by atoms with van der Waals surface area (Å²) in [4.78, 5) is 0. The summed E-state index contributed by atoms with van der Waals surface area (Å²) >= 11 is 6.78. The van der Waals surface area contributed by atoms with E-state index in [1.807, 2.05) is 0 Å². The van der Waals surface area contributed by atoms with Crippen LogP contribution < -0.4 is 5.30 Å². The topological polar surface area (TPSA) is 0 Å². The minimum atomic E-state index is -1.41. The maximum atomic E-state index is 6.78. The molecule has 3 heteroatoms. The van der Waals surface area contributed by atoms with Crippen molar-refractivity contribution in [2.45, 2.75) is 102 Å². The van der Waals surface area contributed by atoms with E-state index in [0.717, 1.165) is 11.3 Å². The molecule has 2 fully saturated rings. The molecule has 150 valence electrons. The van der Waals surface area contributed by atoms with Crippen LogP contribution in [0, 0.1) is 5.62 Å². The van der Waals surface area contributed by atoms with Crippen molar-refractivity contribution >= 4 is 24.2 Å². The summed E-state index contributed by atoms with van der Waals surface area (Å²) in [5.74, 6) is 0. The van der Waals surface area contributed by atoms with Crippen LogP contribution in [0.5, 0.6) is 0 Å². The summed E-state index contributed by atoms with van der Waals surface area (Å²) in [5, 5.41) is 1.59. The van der Waals surface area contributed by atoms with Gasteiger partial charge in [-0.3, -0.25) is 0 Å². The van der Waals surface area contributed by atoms with Crippen molar-refractivity contribution < 1.29 is 20.4 Å². The molecule has 26 heavy (non-hydrogen) atoms. The Kier molecular flexibility index (Phi) is 8.70. The molecule has 0 atom stereocenters. The summed E-state index contributed by atoms with van der Waals surface area (Å²) in [7, 11) is -1.41. The average molecular weight is 485 g/mol. The Bertz CT molecular complexity index is 518. The third kappa shape index (κ3) is 4.77. The van der Waals surface area contributed by atoms with Crippen LogP contribution in [0.1, 0.15) is 90.5 Å². The zero-order valence-electron chi connectivity index (χ0n) is 16.8. The Morgan fingerprint density at radius 1 is 0.808 bits per heavy atom. The summed E-state index contributed by atoms with van der Waals surface area (Å²) in [6.45, 7) is 6.92.